The predicted octanol–water partition coefficient (Wildman–Crippen LogP) is 4.73. The van der Waals surface area contributed by atoms with Crippen molar-refractivity contribution in [1.29, 1.82) is 0 Å². The molecule has 0 amide bonds. The first-order chi connectivity index (χ1) is 16.6. The van der Waals surface area contributed by atoms with E-state index in [4.69, 9.17) is 9.97 Å². The molecule has 1 saturated heterocycles. The fourth-order valence-corrected chi connectivity index (χ4v) is 4.69. The van der Waals surface area contributed by atoms with Gasteiger partial charge in [0.25, 0.3) is 0 Å². The number of halogens is 1. The number of hydrogen-bond donors (Lipinski definition) is 3. The van der Waals surface area contributed by atoms with Crippen LogP contribution in [-0.2, 0) is 6.54 Å². The van der Waals surface area contributed by atoms with Gasteiger partial charge in [-0.05, 0) is 87.5 Å². The summed E-state index contributed by atoms with van der Waals surface area (Å²) in [6.45, 7) is 3.24. The number of aromatic nitrogens is 3. The van der Waals surface area contributed by atoms with Crippen molar-refractivity contribution in [1.82, 2.24) is 19.9 Å². The van der Waals surface area contributed by atoms with Crippen LogP contribution in [0.1, 0.15) is 44.1 Å². The fraction of sp³-hybridized carbons (Fsp3) is 0.423. The van der Waals surface area contributed by atoms with E-state index in [9.17, 15) is 9.50 Å². The average Bonchev–Trinajstić information content (AvgIpc) is 3.36. The largest absolute Gasteiger partial charge is 0.393 e. The standard InChI is InChI=1S/C26H31FN6O/c27-19-4-6-21(7-5-19)31-26-29-16-23(25(32-26)30-20-8-10-22(34)11-9-20)24-12-3-18(15-28-24)17-33-13-1-2-14-33/h3-7,12,15-16,20,22,34H,1-2,8-11,13-14,17H2,(H2,29,30,31,32). The summed E-state index contributed by atoms with van der Waals surface area (Å²) in [4.78, 5) is 16.4. The van der Waals surface area contributed by atoms with Gasteiger partial charge in [-0.25, -0.2) is 9.37 Å². The molecule has 1 aliphatic carbocycles. The number of hydrogen-bond acceptors (Lipinski definition) is 7. The minimum atomic E-state index is -0.289. The average molecular weight is 463 g/mol. The van der Waals surface area contributed by atoms with Gasteiger partial charge in [0.15, 0.2) is 0 Å². The van der Waals surface area contributed by atoms with E-state index >= 15 is 0 Å². The van der Waals surface area contributed by atoms with E-state index in [0.29, 0.717) is 17.5 Å². The van der Waals surface area contributed by atoms with E-state index < -0.39 is 0 Å². The Balaban J connectivity index is 1.38. The van der Waals surface area contributed by atoms with Crippen LogP contribution in [0.15, 0.2) is 48.8 Å². The van der Waals surface area contributed by atoms with Crippen LogP contribution in [0.25, 0.3) is 11.3 Å². The van der Waals surface area contributed by atoms with Crippen LogP contribution in [0, 0.1) is 5.82 Å². The molecule has 3 N–H and O–H groups in total. The zero-order valence-corrected chi connectivity index (χ0v) is 19.3. The maximum absolute atomic E-state index is 13.3. The molecule has 1 aliphatic heterocycles. The van der Waals surface area contributed by atoms with E-state index in [0.717, 1.165) is 56.6 Å². The van der Waals surface area contributed by atoms with Gasteiger partial charge in [0.2, 0.25) is 5.95 Å². The van der Waals surface area contributed by atoms with Crippen LogP contribution < -0.4 is 10.6 Å². The molecule has 0 atom stereocenters. The number of pyridine rings is 1. The molecule has 3 aromatic rings. The molecule has 5 rings (SSSR count). The number of nitrogens with one attached hydrogen (secondary N) is 2. The summed E-state index contributed by atoms with van der Waals surface area (Å²) in [5.74, 6) is 0.850. The third-order valence-electron chi connectivity index (χ3n) is 6.63. The lowest BCUT2D eigenvalue weighted by Gasteiger charge is -2.27. The second-order valence-corrected chi connectivity index (χ2v) is 9.27. The smallest absolute Gasteiger partial charge is 0.229 e. The molecule has 7 nitrogen and oxygen atoms in total. The molecule has 0 bridgehead atoms. The number of anilines is 3. The third kappa shape index (κ3) is 5.69. The molecule has 1 aromatic carbocycles. The third-order valence-corrected chi connectivity index (χ3v) is 6.63. The lowest BCUT2D eigenvalue weighted by atomic mass is 9.93. The topological polar surface area (TPSA) is 86.2 Å². The molecule has 3 heterocycles. The summed E-state index contributed by atoms with van der Waals surface area (Å²) >= 11 is 0. The molecule has 8 heteroatoms. The molecule has 0 unspecified atom stereocenters. The van der Waals surface area contributed by atoms with Crippen molar-refractivity contribution in [2.45, 2.75) is 57.2 Å². The van der Waals surface area contributed by atoms with Crippen molar-refractivity contribution in [3.05, 3.63) is 60.2 Å². The molecule has 2 fully saturated rings. The number of aliphatic hydroxyl groups excluding tert-OH is 1. The van der Waals surface area contributed by atoms with Crippen LogP contribution in [-0.4, -0.2) is 50.2 Å². The van der Waals surface area contributed by atoms with Gasteiger partial charge in [-0.1, -0.05) is 6.07 Å². The zero-order valence-electron chi connectivity index (χ0n) is 19.3. The minimum absolute atomic E-state index is 0.219. The van der Waals surface area contributed by atoms with Gasteiger partial charge >= 0.3 is 0 Å². The maximum Gasteiger partial charge on any atom is 0.229 e. The quantitative estimate of drug-likeness (QED) is 0.468. The van der Waals surface area contributed by atoms with Crippen molar-refractivity contribution >= 4 is 17.5 Å². The molecular weight excluding hydrogens is 431 g/mol. The summed E-state index contributed by atoms with van der Waals surface area (Å²) in [7, 11) is 0. The summed E-state index contributed by atoms with van der Waals surface area (Å²) in [5, 5.41) is 16.6. The van der Waals surface area contributed by atoms with E-state index in [1.165, 1.54) is 30.5 Å². The molecule has 2 aromatic heterocycles. The second-order valence-electron chi connectivity index (χ2n) is 9.27. The van der Waals surface area contributed by atoms with Crippen LogP contribution in [0.3, 0.4) is 0 Å². The van der Waals surface area contributed by atoms with Crippen LogP contribution in [0.2, 0.25) is 0 Å². The first kappa shape index (κ1) is 22.7. The molecule has 178 valence electrons. The SMILES string of the molecule is OC1CCC(Nc2nc(Nc3ccc(F)cc3)ncc2-c2ccc(CN3CCCC3)cn2)CC1. The van der Waals surface area contributed by atoms with Crippen molar-refractivity contribution in [2.75, 3.05) is 23.7 Å². The summed E-state index contributed by atoms with van der Waals surface area (Å²) in [5.41, 5.74) is 3.57. The fourth-order valence-electron chi connectivity index (χ4n) is 4.69. The van der Waals surface area contributed by atoms with Crippen LogP contribution >= 0.6 is 0 Å². The highest BCUT2D eigenvalue weighted by Gasteiger charge is 2.22. The Kier molecular flexibility index (Phi) is 6.97. The van der Waals surface area contributed by atoms with Crippen molar-refractivity contribution in [2.24, 2.45) is 0 Å². The Hall–Kier alpha value is -3.10. The summed E-state index contributed by atoms with van der Waals surface area (Å²) < 4.78 is 13.3. The number of benzene rings is 1. The summed E-state index contributed by atoms with van der Waals surface area (Å²) in [6.07, 6.45) is 9.37. The highest BCUT2D eigenvalue weighted by Crippen LogP contribution is 2.30. The Morgan fingerprint density at radius 3 is 2.41 bits per heavy atom. The predicted molar refractivity (Wildman–Crippen MR) is 131 cm³/mol. The van der Waals surface area contributed by atoms with Crippen LogP contribution in [0.5, 0.6) is 0 Å². The van der Waals surface area contributed by atoms with E-state index in [1.54, 1.807) is 18.3 Å². The molecule has 1 saturated carbocycles. The zero-order chi connectivity index (χ0) is 23.3. The number of aliphatic hydroxyl groups is 1. The second kappa shape index (κ2) is 10.4. The highest BCUT2D eigenvalue weighted by atomic mass is 19.1. The lowest BCUT2D eigenvalue weighted by Crippen LogP contribution is -2.29. The lowest BCUT2D eigenvalue weighted by molar-refractivity contribution is 0.126. The van der Waals surface area contributed by atoms with E-state index in [1.807, 2.05) is 12.3 Å². The van der Waals surface area contributed by atoms with Gasteiger partial charge < -0.3 is 15.7 Å². The first-order valence-corrected chi connectivity index (χ1v) is 12.1. The minimum Gasteiger partial charge on any atom is -0.393 e. The van der Waals surface area contributed by atoms with Gasteiger partial charge in [0, 0.05) is 30.7 Å². The Bertz CT molecular complexity index is 1080. The van der Waals surface area contributed by atoms with Gasteiger partial charge in [-0.3, -0.25) is 9.88 Å². The normalized spacial score (nSPS) is 20.9. The van der Waals surface area contributed by atoms with Gasteiger partial charge in [0.05, 0.1) is 17.4 Å². The Morgan fingerprint density at radius 1 is 0.941 bits per heavy atom. The van der Waals surface area contributed by atoms with Crippen LogP contribution in [0.4, 0.5) is 21.8 Å². The Morgan fingerprint density at radius 2 is 1.71 bits per heavy atom. The Labute approximate surface area is 199 Å². The maximum atomic E-state index is 13.3. The molecule has 0 radical (unpaired) electrons. The van der Waals surface area contributed by atoms with E-state index in [2.05, 4.69) is 26.6 Å². The van der Waals surface area contributed by atoms with Gasteiger partial charge in [-0.15, -0.1) is 0 Å². The molecule has 34 heavy (non-hydrogen) atoms. The molecular formula is C26H31FN6O. The summed E-state index contributed by atoms with van der Waals surface area (Å²) in [6, 6.07) is 10.5. The van der Waals surface area contributed by atoms with Crippen molar-refractivity contribution in [3.63, 3.8) is 0 Å². The number of nitrogens with zero attached hydrogens (tertiary/aromatic N) is 4. The number of rotatable bonds is 7. The van der Waals surface area contributed by atoms with Gasteiger partial charge in [-0.2, -0.15) is 4.98 Å². The highest BCUT2D eigenvalue weighted by molar-refractivity contribution is 5.73. The first-order valence-electron chi connectivity index (χ1n) is 12.1. The number of likely N-dealkylation sites (tertiary alicyclic amines) is 1. The van der Waals surface area contributed by atoms with Gasteiger partial charge in [0.1, 0.15) is 11.6 Å². The molecule has 0 spiro atoms. The monoisotopic (exact) mass is 462 g/mol. The van der Waals surface area contributed by atoms with Crippen molar-refractivity contribution < 1.29 is 9.50 Å². The van der Waals surface area contributed by atoms with E-state index in [-0.39, 0.29) is 18.0 Å². The van der Waals surface area contributed by atoms with Crippen molar-refractivity contribution in [3.8, 4) is 11.3 Å². The molecule has 2 aliphatic rings.